The summed E-state index contributed by atoms with van der Waals surface area (Å²) in [6.45, 7) is -0.0665. The molecule has 184 valence electrons. The lowest BCUT2D eigenvalue weighted by Crippen LogP contribution is -2.19. The van der Waals surface area contributed by atoms with E-state index in [9.17, 15) is 14.9 Å². The number of ether oxygens (including phenoxy) is 1. The second kappa shape index (κ2) is 10.4. The van der Waals surface area contributed by atoms with Crippen LogP contribution in [0.5, 0.6) is 5.75 Å². The second-order valence-corrected chi connectivity index (χ2v) is 9.45. The molecule has 0 saturated carbocycles. The maximum absolute atomic E-state index is 12.5. The molecule has 36 heavy (non-hydrogen) atoms. The maximum atomic E-state index is 12.5. The van der Waals surface area contributed by atoms with Crippen LogP contribution in [0.2, 0.25) is 0 Å². The third kappa shape index (κ3) is 5.50. The SMILES string of the molecule is O=C(Cn1nc(COc2ccc3c(c2)CCCC3)oc1=S)Nc1nc(-c2cccc([N+](=O)[O-])c2)cs1. The minimum absolute atomic E-state index is 0.0297. The molecule has 0 aliphatic heterocycles. The van der Waals surface area contributed by atoms with E-state index < -0.39 is 4.92 Å². The number of hydrogen-bond donors (Lipinski definition) is 1. The molecule has 0 atom stereocenters. The Morgan fingerprint density at radius 2 is 2.06 bits per heavy atom. The molecule has 5 rings (SSSR count). The van der Waals surface area contributed by atoms with Crippen LogP contribution in [-0.4, -0.2) is 25.6 Å². The van der Waals surface area contributed by atoms with Crippen LogP contribution in [0.15, 0.2) is 52.3 Å². The summed E-state index contributed by atoms with van der Waals surface area (Å²) in [5.74, 6) is 0.626. The lowest BCUT2D eigenvalue weighted by molar-refractivity contribution is -0.384. The Labute approximate surface area is 214 Å². The van der Waals surface area contributed by atoms with E-state index in [1.165, 1.54) is 52.1 Å². The normalized spacial score (nSPS) is 12.7. The summed E-state index contributed by atoms with van der Waals surface area (Å²) in [5, 5.41) is 20.0. The van der Waals surface area contributed by atoms with Gasteiger partial charge in [-0.2, -0.15) is 0 Å². The van der Waals surface area contributed by atoms with Crippen LogP contribution in [0.3, 0.4) is 0 Å². The highest BCUT2D eigenvalue weighted by Crippen LogP contribution is 2.28. The molecular formula is C24H21N5O5S2. The highest BCUT2D eigenvalue weighted by Gasteiger charge is 2.15. The average molecular weight is 524 g/mol. The Bertz CT molecular complexity index is 1490. The molecule has 2 aromatic heterocycles. The molecule has 0 spiro atoms. The number of thiazole rings is 1. The van der Waals surface area contributed by atoms with Gasteiger partial charge in [0.2, 0.25) is 5.91 Å². The average Bonchev–Trinajstić information content (AvgIpc) is 3.49. The van der Waals surface area contributed by atoms with Crippen LogP contribution in [-0.2, 0) is 30.8 Å². The number of carbonyl (C=O) groups is 1. The molecule has 0 unspecified atom stereocenters. The van der Waals surface area contributed by atoms with Gasteiger partial charge in [-0.15, -0.1) is 16.4 Å². The summed E-state index contributed by atoms with van der Waals surface area (Å²) in [6, 6.07) is 12.3. The van der Waals surface area contributed by atoms with Gasteiger partial charge >= 0.3 is 0 Å². The molecule has 10 nitrogen and oxygen atoms in total. The smallest absolute Gasteiger partial charge is 0.287 e. The van der Waals surface area contributed by atoms with Crippen molar-refractivity contribution >= 4 is 40.3 Å². The highest BCUT2D eigenvalue weighted by atomic mass is 32.1. The van der Waals surface area contributed by atoms with Gasteiger partial charge in [0.25, 0.3) is 16.4 Å². The molecule has 1 aliphatic rings. The van der Waals surface area contributed by atoms with Crippen molar-refractivity contribution in [2.24, 2.45) is 0 Å². The minimum Gasteiger partial charge on any atom is -0.484 e. The number of nitro benzene ring substituents is 1. The molecule has 1 amide bonds. The van der Waals surface area contributed by atoms with Crippen molar-refractivity contribution in [3.63, 3.8) is 0 Å². The first-order valence-corrected chi connectivity index (χ1v) is 12.5. The van der Waals surface area contributed by atoms with E-state index in [0.29, 0.717) is 16.4 Å². The van der Waals surface area contributed by atoms with Crippen LogP contribution in [0.1, 0.15) is 29.9 Å². The maximum Gasteiger partial charge on any atom is 0.287 e. The van der Waals surface area contributed by atoms with Crippen molar-refractivity contribution in [1.82, 2.24) is 14.8 Å². The monoisotopic (exact) mass is 523 g/mol. The zero-order valence-corrected chi connectivity index (χ0v) is 20.6. The molecule has 1 N–H and O–H groups in total. The number of carbonyl (C=O) groups excluding carboxylic acids is 1. The predicted molar refractivity (Wildman–Crippen MR) is 136 cm³/mol. The summed E-state index contributed by atoms with van der Waals surface area (Å²) < 4.78 is 12.6. The van der Waals surface area contributed by atoms with Crippen LogP contribution < -0.4 is 10.1 Å². The van der Waals surface area contributed by atoms with Gasteiger partial charge in [0.05, 0.1) is 10.6 Å². The summed E-state index contributed by atoms with van der Waals surface area (Å²) in [5.41, 5.74) is 3.77. The number of fused-ring (bicyclic) bond motifs is 1. The fraction of sp³-hybridized carbons (Fsp3) is 0.250. The van der Waals surface area contributed by atoms with E-state index in [4.69, 9.17) is 21.4 Å². The molecule has 2 aromatic carbocycles. The van der Waals surface area contributed by atoms with Gasteiger partial charge in [0.15, 0.2) is 11.7 Å². The van der Waals surface area contributed by atoms with E-state index in [1.807, 2.05) is 6.07 Å². The van der Waals surface area contributed by atoms with E-state index >= 15 is 0 Å². The lowest BCUT2D eigenvalue weighted by atomic mass is 9.92. The number of rotatable bonds is 8. The molecule has 1 aliphatic carbocycles. The summed E-state index contributed by atoms with van der Waals surface area (Å²) >= 11 is 6.41. The number of hydrogen-bond acceptors (Lipinski definition) is 9. The third-order valence-corrected chi connectivity index (χ3v) is 6.78. The molecule has 2 heterocycles. The molecule has 12 heteroatoms. The zero-order valence-electron chi connectivity index (χ0n) is 19.0. The van der Waals surface area contributed by atoms with Gasteiger partial charge in [-0.25, -0.2) is 9.67 Å². The highest BCUT2D eigenvalue weighted by molar-refractivity contribution is 7.71. The van der Waals surface area contributed by atoms with Crippen LogP contribution >= 0.6 is 23.6 Å². The number of amides is 1. The van der Waals surface area contributed by atoms with Gasteiger partial charge in [0, 0.05) is 23.1 Å². The summed E-state index contributed by atoms with van der Waals surface area (Å²) in [6.07, 6.45) is 4.57. The third-order valence-electron chi connectivity index (χ3n) is 5.73. The van der Waals surface area contributed by atoms with Crippen molar-refractivity contribution in [1.29, 1.82) is 0 Å². The van der Waals surface area contributed by atoms with Gasteiger partial charge in [0.1, 0.15) is 12.3 Å². The van der Waals surface area contributed by atoms with Crippen molar-refractivity contribution in [2.45, 2.75) is 38.8 Å². The molecule has 0 fully saturated rings. The van der Waals surface area contributed by atoms with Gasteiger partial charge in [-0.05, 0) is 61.2 Å². The molecular weight excluding hydrogens is 502 g/mol. The van der Waals surface area contributed by atoms with Crippen molar-refractivity contribution in [3.05, 3.63) is 79.8 Å². The standard InChI is InChI=1S/C24H21N5O5S2/c30-21(26-23-25-20(14-36-23)17-6-3-7-18(10-17)29(31)32)12-28-24(35)34-22(27-28)13-33-19-9-8-15-4-1-2-5-16(15)11-19/h3,6-11,14H,1-2,4-5,12-13H2,(H,25,26,30). The number of aryl methyl sites for hydroxylation is 2. The first-order valence-electron chi connectivity index (χ1n) is 11.3. The van der Waals surface area contributed by atoms with Crippen LogP contribution in [0.4, 0.5) is 10.8 Å². The molecule has 0 saturated heterocycles. The minimum atomic E-state index is -0.466. The van der Waals surface area contributed by atoms with Crippen molar-refractivity contribution < 1.29 is 18.9 Å². The summed E-state index contributed by atoms with van der Waals surface area (Å²) in [4.78, 5) is 27.5. The van der Waals surface area contributed by atoms with Crippen molar-refractivity contribution in [2.75, 3.05) is 5.32 Å². The quantitative estimate of drug-likeness (QED) is 0.187. The van der Waals surface area contributed by atoms with Crippen molar-refractivity contribution in [3.8, 4) is 17.0 Å². The first-order chi connectivity index (χ1) is 17.4. The Hall–Kier alpha value is -3.90. The molecule has 0 bridgehead atoms. The zero-order chi connectivity index (χ0) is 25.1. The Balaban J connectivity index is 1.18. The molecule has 4 aromatic rings. The second-order valence-electron chi connectivity index (χ2n) is 8.24. The largest absolute Gasteiger partial charge is 0.484 e. The molecule has 0 radical (unpaired) electrons. The topological polar surface area (TPSA) is 125 Å². The lowest BCUT2D eigenvalue weighted by Gasteiger charge is -2.16. The Morgan fingerprint density at radius 1 is 1.22 bits per heavy atom. The number of aromatic nitrogens is 3. The fourth-order valence-electron chi connectivity index (χ4n) is 3.99. The number of nitrogens with one attached hydrogen (secondary N) is 1. The number of anilines is 1. The van der Waals surface area contributed by atoms with Crippen LogP contribution in [0, 0.1) is 15.0 Å². The van der Waals surface area contributed by atoms with E-state index in [0.717, 1.165) is 18.6 Å². The number of nitro groups is 1. The number of non-ortho nitro benzene ring substituents is 1. The van der Waals surface area contributed by atoms with Gasteiger partial charge in [-0.3, -0.25) is 14.9 Å². The Kier molecular flexibility index (Phi) is 6.87. The first kappa shape index (κ1) is 23.8. The Morgan fingerprint density at radius 3 is 2.89 bits per heavy atom. The fourth-order valence-corrected chi connectivity index (χ4v) is 4.93. The van der Waals surface area contributed by atoms with E-state index in [-0.39, 0.29) is 35.5 Å². The number of nitrogens with zero attached hydrogens (tertiary/aromatic N) is 4. The predicted octanol–water partition coefficient (Wildman–Crippen LogP) is 5.33. The van der Waals surface area contributed by atoms with Gasteiger partial charge < -0.3 is 14.5 Å². The number of benzene rings is 2. The van der Waals surface area contributed by atoms with Gasteiger partial charge in [-0.1, -0.05) is 18.2 Å². The summed E-state index contributed by atoms with van der Waals surface area (Å²) in [7, 11) is 0. The van der Waals surface area contributed by atoms with Crippen LogP contribution in [0.25, 0.3) is 11.3 Å². The van der Waals surface area contributed by atoms with E-state index in [1.54, 1.807) is 17.5 Å². The van der Waals surface area contributed by atoms with E-state index in [2.05, 4.69) is 27.5 Å².